The smallest absolute Gasteiger partial charge is 0.164 e. The van der Waals surface area contributed by atoms with Gasteiger partial charge in [-0.2, -0.15) is 0 Å². The molecule has 0 unspecified atom stereocenters. The van der Waals surface area contributed by atoms with Crippen molar-refractivity contribution in [3.63, 3.8) is 0 Å². The molecule has 0 atom stereocenters. The normalized spacial score (nSPS) is 11.2. The molecule has 0 amide bonds. The molecule has 0 aliphatic rings. The number of hydrogen-bond donors (Lipinski definition) is 0. The number of furan rings is 1. The van der Waals surface area contributed by atoms with E-state index in [-0.39, 0.29) is 0 Å². The number of aromatic nitrogens is 3. The van der Waals surface area contributed by atoms with Gasteiger partial charge in [0, 0.05) is 50.6 Å². The lowest BCUT2D eigenvalue weighted by Crippen LogP contribution is -2.10. The zero-order valence-corrected chi connectivity index (χ0v) is 33.6. The fourth-order valence-corrected chi connectivity index (χ4v) is 8.31. The summed E-state index contributed by atoms with van der Waals surface area (Å²) < 4.78 is 6.76. The molecule has 0 saturated heterocycles. The first-order valence-electron chi connectivity index (χ1n) is 20.8. The SMILES string of the molecule is c1ccc(-c2cccc(-c3nc(-c4ccccc4)nc(-c4cccc5oc6cc(N(c7ccccc7)c7cc(-c8ccccc8)cc(-c8ccccc8)c7)ccc6c45)n3)c2)cc1. The molecule has 0 N–H and O–H groups in total. The van der Waals surface area contributed by atoms with Crippen molar-refractivity contribution in [3.8, 4) is 67.5 Å². The number of para-hydroxylation sites is 1. The van der Waals surface area contributed by atoms with Crippen LogP contribution in [0.1, 0.15) is 0 Å². The van der Waals surface area contributed by atoms with Crippen LogP contribution in [0.2, 0.25) is 0 Å². The highest BCUT2D eigenvalue weighted by molar-refractivity contribution is 6.12. The van der Waals surface area contributed by atoms with Crippen LogP contribution in [0.25, 0.3) is 89.5 Å². The van der Waals surface area contributed by atoms with E-state index in [1.54, 1.807) is 0 Å². The molecule has 292 valence electrons. The molecule has 2 aromatic heterocycles. The third-order valence-corrected chi connectivity index (χ3v) is 11.3. The van der Waals surface area contributed by atoms with Crippen molar-refractivity contribution in [2.45, 2.75) is 0 Å². The number of benzene rings is 9. The van der Waals surface area contributed by atoms with E-state index in [4.69, 9.17) is 19.4 Å². The summed E-state index contributed by atoms with van der Waals surface area (Å²) in [6.07, 6.45) is 0. The van der Waals surface area contributed by atoms with Crippen LogP contribution in [0.3, 0.4) is 0 Å². The third-order valence-electron chi connectivity index (χ3n) is 11.3. The minimum Gasteiger partial charge on any atom is -0.456 e. The van der Waals surface area contributed by atoms with Gasteiger partial charge in [0.25, 0.3) is 0 Å². The van der Waals surface area contributed by atoms with E-state index in [1.165, 1.54) is 0 Å². The maximum Gasteiger partial charge on any atom is 0.164 e. The monoisotopic (exact) mass is 794 g/mol. The number of fused-ring (bicyclic) bond motifs is 3. The molecule has 0 fully saturated rings. The molecule has 0 aliphatic carbocycles. The van der Waals surface area contributed by atoms with E-state index in [2.05, 4.69) is 187 Å². The van der Waals surface area contributed by atoms with Crippen molar-refractivity contribution in [2.75, 3.05) is 4.90 Å². The Morgan fingerprint density at radius 3 is 1.40 bits per heavy atom. The van der Waals surface area contributed by atoms with E-state index in [0.29, 0.717) is 17.5 Å². The number of hydrogen-bond acceptors (Lipinski definition) is 5. The zero-order valence-electron chi connectivity index (χ0n) is 33.6. The Hall–Kier alpha value is -8.41. The van der Waals surface area contributed by atoms with Crippen molar-refractivity contribution >= 4 is 39.0 Å². The fraction of sp³-hybridized carbons (Fsp3) is 0. The number of nitrogens with zero attached hydrogens (tertiary/aromatic N) is 4. The second kappa shape index (κ2) is 16.0. The summed E-state index contributed by atoms with van der Waals surface area (Å²) in [6.45, 7) is 0. The van der Waals surface area contributed by atoms with Gasteiger partial charge in [0.15, 0.2) is 17.5 Å². The molecule has 9 aromatic carbocycles. The molecule has 0 bridgehead atoms. The molecular formula is C57H38N4O. The Balaban J connectivity index is 1.07. The van der Waals surface area contributed by atoms with Gasteiger partial charge in [0.2, 0.25) is 0 Å². The number of anilines is 3. The second-order valence-electron chi connectivity index (χ2n) is 15.3. The van der Waals surface area contributed by atoms with Gasteiger partial charge < -0.3 is 9.32 Å². The van der Waals surface area contributed by atoms with E-state index >= 15 is 0 Å². The summed E-state index contributed by atoms with van der Waals surface area (Å²) >= 11 is 0. The van der Waals surface area contributed by atoms with Crippen LogP contribution in [0.5, 0.6) is 0 Å². The first-order chi connectivity index (χ1) is 30.7. The highest BCUT2D eigenvalue weighted by atomic mass is 16.3. The van der Waals surface area contributed by atoms with Gasteiger partial charge >= 0.3 is 0 Å². The van der Waals surface area contributed by atoms with Crippen molar-refractivity contribution in [3.05, 3.63) is 231 Å². The van der Waals surface area contributed by atoms with Gasteiger partial charge in [-0.1, -0.05) is 170 Å². The first-order valence-corrected chi connectivity index (χ1v) is 20.8. The lowest BCUT2D eigenvalue weighted by atomic mass is 9.97. The van der Waals surface area contributed by atoms with Crippen molar-refractivity contribution in [1.82, 2.24) is 15.0 Å². The molecule has 5 nitrogen and oxygen atoms in total. The van der Waals surface area contributed by atoms with Crippen LogP contribution in [0.4, 0.5) is 17.1 Å². The predicted octanol–water partition coefficient (Wildman–Crippen LogP) is 15.2. The molecule has 62 heavy (non-hydrogen) atoms. The Bertz CT molecular complexity index is 3280. The van der Waals surface area contributed by atoms with Crippen LogP contribution < -0.4 is 4.90 Å². The largest absolute Gasteiger partial charge is 0.456 e. The Morgan fingerprint density at radius 1 is 0.290 bits per heavy atom. The summed E-state index contributed by atoms with van der Waals surface area (Å²) in [5, 5.41) is 1.93. The summed E-state index contributed by atoms with van der Waals surface area (Å²) in [5.41, 5.74) is 14.1. The third kappa shape index (κ3) is 7.08. The second-order valence-corrected chi connectivity index (χ2v) is 15.3. The maximum absolute atomic E-state index is 6.76. The van der Waals surface area contributed by atoms with E-state index in [1.807, 2.05) is 48.5 Å². The Morgan fingerprint density at radius 2 is 0.774 bits per heavy atom. The molecule has 5 heteroatoms. The van der Waals surface area contributed by atoms with Crippen molar-refractivity contribution in [1.29, 1.82) is 0 Å². The van der Waals surface area contributed by atoms with Crippen LogP contribution >= 0.6 is 0 Å². The standard InChI is InChI=1S/C57H38N4O/c1-6-18-39(19-7-1)43-26-16-27-44(34-43)56-58-55(42-24-12-4-13-25-42)59-57(60-56)51-30-17-31-52-54(51)50-33-32-48(38-53(50)62-52)61(47-28-14-5-15-29-47)49-36-45(40-20-8-2-9-21-40)35-46(37-49)41-22-10-3-11-23-41/h1-38H. The fourth-order valence-electron chi connectivity index (χ4n) is 8.31. The summed E-state index contributed by atoms with van der Waals surface area (Å²) in [4.78, 5) is 17.7. The van der Waals surface area contributed by atoms with Gasteiger partial charge in [0.05, 0.1) is 0 Å². The van der Waals surface area contributed by atoms with Gasteiger partial charge in [-0.3, -0.25) is 0 Å². The Labute approximate surface area is 359 Å². The molecule has 11 aromatic rings. The molecule has 0 spiro atoms. The lowest BCUT2D eigenvalue weighted by molar-refractivity contribution is 0.669. The highest BCUT2D eigenvalue weighted by Crippen LogP contribution is 2.43. The quantitative estimate of drug-likeness (QED) is 0.146. The average molecular weight is 795 g/mol. The lowest BCUT2D eigenvalue weighted by Gasteiger charge is -2.27. The molecule has 11 rings (SSSR count). The summed E-state index contributed by atoms with van der Waals surface area (Å²) in [7, 11) is 0. The maximum atomic E-state index is 6.76. The van der Waals surface area contributed by atoms with E-state index in [9.17, 15) is 0 Å². The molecular weight excluding hydrogens is 757 g/mol. The molecule has 0 saturated carbocycles. The van der Waals surface area contributed by atoms with Crippen molar-refractivity contribution in [2.24, 2.45) is 0 Å². The topological polar surface area (TPSA) is 55.1 Å². The van der Waals surface area contributed by atoms with Crippen LogP contribution in [-0.2, 0) is 0 Å². The average Bonchev–Trinajstić information content (AvgIpc) is 3.74. The minimum absolute atomic E-state index is 0.577. The molecule has 2 heterocycles. The van der Waals surface area contributed by atoms with Crippen LogP contribution in [-0.4, -0.2) is 15.0 Å². The van der Waals surface area contributed by atoms with Crippen LogP contribution in [0.15, 0.2) is 235 Å². The highest BCUT2D eigenvalue weighted by Gasteiger charge is 2.21. The number of rotatable bonds is 9. The van der Waals surface area contributed by atoms with Gasteiger partial charge in [-0.15, -0.1) is 0 Å². The van der Waals surface area contributed by atoms with Gasteiger partial charge in [-0.25, -0.2) is 15.0 Å². The van der Waals surface area contributed by atoms with Crippen molar-refractivity contribution < 1.29 is 4.42 Å². The predicted molar refractivity (Wildman–Crippen MR) is 254 cm³/mol. The zero-order chi connectivity index (χ0) is 41.2. The Kier molecular flexibility index (Phi) is 9.45. The molecule has 0 radical (unpaired) electrons. The summed E-state index contributed by atoms with van der Waals surface area (Å²) in [6, 6.07) is 79.9. The molecule has 0 aliphatic heterocycles. The van der Waals surface area contributed by atoms with Crippen LogP contribution in [0, 0.1) is 0 Å². The van der Waals surface area contributed by atoms with Gasteiger partial charge in [-0.05, 0) is 88.0 Å². The minimum atomic E-state index is 0.577. The van der Waals surface area contributed by atoms with E-state index < -0.39 is 0 Å². The first kappa shape index (κ1) is 36.7. The summed E-state index contributed by atoms with van der Waals surface area (Å²) in [5.74, 6) is 1.78. The van der Waals surface area contributed by atoms with E-state index in [0.717, 1.165) is 89.1 Å². The van der Waals surface area contributed by atoms with Gasteiger partial charge in [0.1, 0.15) is 11.2 Å².